The Kier molecular flexibility index (Phi) is 5.76. The van der Waals surface area contributed by atoms with Crippen LogP contribution in [0.1, 0.15) is 24.5 Å². The molecule has 0 unspecified atom stereocenters. The number of benzene rings is 1. The molecule has 1 aromatic rings. The van der Waals surface area contributed by atoms with Gasteiger partial charge in [0.15, 0.2) is 0 Å². The highest BCUT2D eigenvalue weighted by atomic mass is 19.1. The molecule has 0 bridgehead atoms. The summed E-state index contributed by atoms with van der Waals surface area (Å²) in [4.78, 5) is 2.27. The van der Waals surface area contributed by atoms with Crippen LogP contribution in [-0.2, 0) is 17.8 Å². The predicted molar refractivity (Wildman–Crippen MR) is 74.5 cm³/mol. The normalized spacial score (nSPS) is 17.4. The number of nitrogens with zero attached hydrogens (tertiary/aromatic N) is 1. The number of halogens is 1. The molecule has 1 aromatic carbocycles. The highest BCUT2D eigenvalue weighted by Crippen LogP contribution is 2.14. The quantitative estimate of drug-likeness (QED) is 0.884. The molecule has 1 saturated heterocycles. The third kappa shape index (κ3) is 4.56. The molecule has 2 rings (SSSR count). The number of rotatable bonds is 5. The van der Waals surface area contributed by atoms with E-state index in [0.29, 0.717) is 6.54 Å². The molecule has 0 aliphatic carbocycles. The zero-order chi connectivity index (χ0) is 13.5. The summed E-state index contributed by atoms with van der Waals surface area (Å²) >= 11 is 0. The maximum Gasteiger partial charge on any atom is 0.127 e. The number of hydrogen-bond acceptors (Lipinski definition) is 3. The van der Waals surface area contributed by atoms with Crippen LogP contribution in [0.25, 0.3) is 0 Å². The first-order valence-corrected chi connectivity index (χ1v) is 7.07. The van der Waals surface area contributed by atoms with Gasteiger partial charge < -0.3 is 10.1 Å². The molecule has 0 atom stereocenters. The monoisotopic (exact) mass is 266 g/mol. The van der Waals surface area contributed by atoms with E-state index >= 15 is 0 Å². The van der Waals surface area contributed by atoms with E-state index < -0.39 is 0 Å². The summed E-state index contributed by atoms with van der Waals surface area (Å²) < 4.78 is 19.3. The van der Waals surface area contributed by atoms with Crippen molar-refractivity contribution in [1.82, 2.24) is 10.2 Å². The first kappa shape index (κ1) is 14.4. The first-order chi connectivity index (χ1) is 9.29. The van der Waals surface area contributed by atoms with Crippen molar-refractivity contribution in [2.24, 2.45) is 0 Å². The zero-order valence-electron chi connectivity index (χ0n) is 11.6. The molecule has 1 aliphatic rings. The summed E-state index contributed by atoms with van der Waals surface area (Å²) in [7, 11) is 0. The minimum absolute atomic E-state index is 0.106. The fraction of sp³-hybridized carbons (Fsp3) is 0.600. The van der Waals surface area contributed by atoms with E-state index in [9.17, 15) is 4.39 Å². The fourth-order valence-corrected chi connectivity index (χ4v) is 2.33. The lowest BCUT2D eigenvalue weighted by atomic mass is 10.1. The average Bonchev–Trinajstić information content (AvgIpc) is 2.68. The van der Waals surface area contributed by atoms with Crippen LogP contribution in [0.3, 0.4) is 0 Å². The Morgan fingerprint density at radius 2 is 2.21 bits per heavy atom. The maximum atomic E-state index is 13.9. The Hall–Kier alpha value is -0.970. The SMILES string of the molecule is CCNCc1ccc(F)c(CN2CCCOCC2)c1. The highest BCUT2D eigenvalue weighted by Gasteiger charge is 2.12. The van der Waals surface area contributed by atoms with Crippen LogP contribution in [0.4, 0.5) is 4.39 Å². The fourth-order valence-electron chi connectivity index (χ4n) is 2.33. The third-order valence-electron chi connectivity index (χ3n) is 3.40. The first-order valence-electron chi connectivity index (χ1n) is 7.07. The Morgan fingerprint density at radius 1 is 1.32 bits per heavy atom. The lowest BCUT2D eigenvalue weighted by Gasteiger charge is -2.19. The van der Waals surface area contributed by atoms with Gasteiger partial charge in [-0.1, -0.05) is 19.1 Å². The Morgan fingerprint density at radius 3 is 3.05 bits per heavy atom. The van der Waals surface area contributed by atoms with Crippen molar-refractivity contribution < 1.29 is 9.13 Å². The lowest BCUT2D eigenvalue weighted by molar-refractivity contribution is 0.140. The Balaban J connectivity index is 2.00. The molecule has 1 heterocycles. The van der Waals surface area contributed by atoms with Gasteiger partial charge in [0.2, 0.25) is 0 Å². The number of nitrogens with one attached hydrogen (secondary N) is 1. The van der Waals surface area contributed by atoms with Gasteiger partial charge in [-0.15, -0.1) is 0 Å². The number of ether oxygens (including phenoxy) is 1. The van der Waals surface area contributed by atoms with Crippen LogP contribution < -0.4 is 5.32 Å². The van der Waals surface area contributed by atoms with Crippen molar-refractivity contribution in [3.8, 4) is 0 Å². The van der Waals surface area contributed by atoms with Gasteiger partial charge in [-0.25, -0.2) is 4.39 Å². The summed E-state index contributed by atoms with van der Waals surface area (Å²) in [6.45, 7) is 7.91. The van der Waals surface area contributed by atoms with Crippen molar-refractivity contribution in [2.45, 2.75) is 26.4 Å². The lowest BCUT2D eigenvalue weighted by Crippen LogP contribution is -2.26. The summed E-state index contributed by atoms with van der Waals surface area (Å²) in [6, 6.07) is 5.41. The molecule has 0 spiro atoms. The standard InChI is InChI=1S/C15H23FN2O/c1-2-17-11-13-4-5-15(16)14(10-13)12-18-6-3-8-19-9-7-18/h4-5,10,17H,2-3,6-9,11-12H2,1H3. The molecular weight excluding hydrogens is 243 g/mol. The van der Waals surface area contributed by atoms with E-state index in [1.54, 1.807) is 6.07 Å². The molecule has 19 heavy (non-hydrogen) atoms. The second-order valence-electron chi connectivity index (χ2n) is 4.95. The molecule has 4 heteroatoms. The zero-order valence-corrected chi connectivity index (χ0v) is 11.6. The van der Waals surface area contributed by atoms with Crippen molar-refractivity contribution in [3.63, 3.8) is 0 Å². The van der Waals surface area contributed by atoms with E-state index in [1.165, 1.54) is 0 Å². The van der Waals surface area contributed by atoms with Gasteiger partial charge in [0.05, 0.1) is 6.61 Å². The second-order valence-corrected chi connectivity index (χ2v) is 4.95. The van der Waals surface area contributed by atoms with Crippen molar-refractivity contribution in [1.29, 1.82) is 0 Å². The smallest absolute Gasteiger partial charge is 0.127 e. The predicted octanol–water partition coefficient (Wildman–Crippen LogP) is 2.16. The minimum Gasteiger partial charge on any atom is -0.380 e. The van der Waals surface area contributed by atoms with Crippen molar-refractivity contribution in [3.05, 3.63) is 35.1 Å². The maximum absolute atomic E-state index is 13.9. The van der Waals surface area contributed by atoms with E-state index in [1.807, 2.05) is 12.1 Å². The van der Waals surface area contributed by atoms with Gasteiger partial charge in [0.25, 0.3) is 0 Å². The van der Waals surface area contributed by atoms with Gasteiger partial charge >= 0.3 is 0 Å². The molecule has 0 radical (unpaired) electrons. The van der Waals surface area contributed by atoms with Crippen LogP contribution in [-0.4, -0.2) is 37.7 Å². The van der Waals surface area contributed by atoms with Crippen LogP contribution in [0.5, 0.6) is 0 Å². The van der Waals surface area contributed by atoms with Gasteiger partial charge in [0.1, 0.15) is 5.82 Å². The molecule has 0 saturated carbocycles. The average molecular weight is 266 g/mol. The van der Waals surface area contributed by atoms with Crippen molar-refractivity contribution in [2.75, 3.05) is 32.8 Å². The molecule has 1 fully saturated rings. The summed E-state index contributed by atoms with van der Waals surface area (Å²) in [5.74, 6) is -0.106. The van der Waals surface area contributed by atoms with Crippen LogP contribution in [0.2, 0.25) is 0 Å². The summed E-state index contributed by atoms with van der Waals surface area (Å²) in [5.41, 5.74) is 1.93. The van der Waals surface area contributed by atoms with E-state index in [0.717, 1.165) is 56.9 Å². The highest BCUT2D eigenvalue weighted by molar-refractivity contribution is 5.25. The largest absolute Gasteiger partial charge is 0.380 e. The molecule has 1 N–H and O–H groups in total. The Bertz CT molecular complexity index is 390. The van der Waals surface area contributed by atoms with Gasteiger partial charge in [-0.05, 0) is 24.6 Å². The molecular formula is C15H23FN2O. The van der Waals surface area contributed by atoms with Crippen LogP contribution in [0, 0.1) is 5.82 Å². The molecule has 3 nitrogen and oxygen atoms in total. The second kappa shape index (κ2) is 7.58. The van der Waals surface area contributed by atoms with Gasteiger partial charge in [-0.3, -0.25) is 4.90 Å². The van der Waals surface area contributed by atoms with Gasteiger partial charge in [-0.2, -0.15) is 0 Å². The van der Waals surface area contributed by atoms with E-state index in [4.69, 9.17) is 4.74 Å². The third-order valence-corrected chi connectivity index (χ3v) is 3.40. The Labute approximate surface area is 114 Å². The molecule has 1 aliphatic heterocycles. The van der Waals surface area contributed by atoms with Crippen LogP contribution >= 0.6 is 0 Å². The molecule has 0 amide bonds. The van der Waals surface area contributed by atoms with E-state index in [2.05, 4.69) is 17.1 Å². The van der Waals surface area contributed by atoms with Crippen molar-refractivity contribution >= 4 is 0 Å². The minimum atomic E-state index is -0.106. The number of hydrogen-bond donors (Lipinski definition) is 1. The molecule has 0 aromatic heterocycles. The topological polar surface area (TPSA) is 24.5 Å². The van der Waals surface area contributed by atoms with Gasteiger partial charge in [0, 0.05) is 38.3 Å². The summed E-state index contributed by atoms with van der Waals surface area (Å²) in [5, 5.41) is 3.27. The summed E-state index contributed by atoms with van der Waals surface area (Å²) in [6.07, 6.45) is 1.03. The van der Waals surface area contributed by atoms with Crippen LogP contribution in [0.15, 0.2) is 18.2 Å². The molecule has 106 valence electrons. The van der Waals surface area contributed by atoms with E-state index in [-0.39, 0.29) is 5.82 Å².